The summed E-state index contributed by atoms with van der Waals surface area (Å²) in [5, 5.41) is 2.89. The van der Waals surface area contributed by atoms with Crippen LogP contribution in [0, 0.1) is 5.82 Å². The summed E-state index contributed by atoms with van der Waals surface area (Å²) >= 11 is 0. The molecular formula is C19H31FN2O2. The van der Waals surface area contributed by atoms with E-state index in [2.05, 4.69) is 24.1 Å². The van der Waals surface area contributed by atoms with Crippen LogP contribution in [0.25, 0.3) is 0 Å². The third-order valence-corrected chi connectivity index (χ3v) is 4.28. The molecule has 24 heavy (non-hydrogen) atoms. The SMILES string of the molecule is CCC(CC(=O)NCCOCCN(CC)CC)c1ccc(F)cc1. The zero-order valence-electron chi connectivity index (χ0n) is 15.2. The minimum absolute atomic E-state index is 0.0125. The number of ether oxygens (including phenoxy) is 1. The predicted molar refractivity (Wildman–Crippen MR) is 95.7 cm³/mol. The number of carbonyl (C=O) groups is 1. The van der Waals surface area contributed by atoms with Gasteiger partial charge in [0.1, 0.15) is 5.82 Å². The summed E-state index contributed by atoms with van der Waals surface area (Å²) in [5.74, 6) is -0.118. The summed E-state index contributed by atoms with van der Waals surface area (Å²) in [6.07, 6.45) is 1.26. The van der Waals surface area contributed by atoms with E-state index in [9.17, 15) is 9.18 Å². The Morgan fingerprint density at radius 1 is 1.17 bits per heavy atom. The largest absolute Gasteiger partial charge is 0.378 e. The van der Waals surface area contributed by atoms with Gasteiger partial charge in [0.15, 0.2) is 0 Å². The lowest BCUT2D eigenvalue weighted by Gasteiger charge is -2.18. The van der Waals surface area contributed by atoms with E-state index in [0.717, 1.165) is 31.6 Å². The number of hydrogen-bond donors (Lipinski definition) is 1. The van der Waals surface area contributed by atoms with Gasteiger partial charge in [0, 0.05) is 19.5 Å². The number of benzene rings is 1. The standard InChI is InChI=1S/C19H31FN2O2/c1-4-16(17-7-9-18(20)10-8-17)15-19(23)21-11-13-24-14-12-22(5-2)6-3/h7-10,16H,4-6,11-15H2,1-3H3,(H,21,23). The molecular weight excluding hydrogens is 307 g/mol. The Labute approximate surface area is 145 Å². The van der Waals surface area contributed by atoms with Crippen LogP contribution in [0.1, 0.15) is 45.1 Å². The van der Waals surface area contributed by atoms with E-state index in [-0.39, 0.29) is 17.6 Å². The summed E-state index contributed by atoms with van der Waals surface area (Å²) in [5.41, 5.74) is 1.00. The molecule has 0 spiro atoms. The number of hydrogen-bond acceptors (Lipinski definition) is 3. The molecule has 0 aromatic heterocycles. The van der Waals surface area contributed by atoms with Crippen molar-refractivity contribution in [2.45, 2.75) is 39.5 Å². The maximum Gasteiger partial charge on any atom is 0.220 e. The maximum atomic E-state index is 13.0. The molecule has 1 amide bonds. The molecule has 0 aliphatic rings. The third-order valence-electron chi connectivity index (χ3n) is 4.28. The monoisotopic (exact) mass is 338 g/mol. The van der Waals surface area contributed by atoms with Crippen LogP contribution in [0.2, 0.25) is 0 Å². The van der Waals surface area contributed by atoms with Gasteiger partial charge in [-0.15, -0.1) is 0 Å². The van der Waals surface area contributed by atoms with E-state index in [1.807, 2.05) is 6.92 Å². The number of likely N-dealkylation sites (N-methyl/N-ethyl adjacent to an activating group) is 1. The molecule has 1 aromatic carbocycles. The first-order chi connectivity index (χ1) is 11.6. The van der Waals surface area contributed by atoms with Crippen molar-refractivity contribution >= 4 is 5.91 Å². The fourth-order valence-corrected chi connectivity index (χ4v) is 2.63. The second-order valence-electron chi connectivity index (χ2n) is 5.85. The molecule has 5 heteroatoms. The van der Waals surface area contributed by atoms with Crippen molar-refractivity contribution in [1.82, 2.24) is 10.2 Å². The van der Waals surface area contributed by atoms with Crippen LogP contribution in [0.4, 0.5) is 4.39 Å². The topological polar surface area (TPSA) is 41.6 Å². The maximum absolute atomic E-state index is 13.0. The molecule has 0 aliphatic heterocycles. The normalized spacial score (nSPS) is 12.4. The fourth-order valence-electron chi connectivity index (χ4n) is 2.63. The highest BCUT2D eigenvalue weighted by atomic mass is 19.1. The second-order valence-corrected chi connectivity index (χ2v) is 5.85. The molecule has 0 heterocycles. The Hall–Kier alpha value is -1.46. The van der Waals surface area contributed by atoms with Crippen molar-refractivity contribution in [2.75, 3.05) is 39.4 Å². The Balaban J connectivity index is 2.21. The first kappa shape index (κ1) is 20.6. The molecule has 0 saturated carbocycles. The summed E-state index contributed by atoms with van der Waals surface area (Å²) < 4.78 is 18.5. The van der Waals surface area contributed by atoms with Crippen LogP contribution < -0.4 is 5.32 Å². The van der Waals surface area contributed by atoms with E-state index in [0.29, 0.717) is 26.2 Å². The van der Waals surface area contributed by atoms with Gasteiger partial charge in [0.05, 0.1) is 13.2 Å². The van der Waals surface area contributed by atoms with Crippen molar-refractivity contribution in [3.8, 4) is 0 Å². The Kier molecular flexibility index (Phi) is 10.3. The molecule has 136 valence electrons. The third kappa shape index (κ3) is 7.88. The lowest BCUT2D eigenvalue weighted by molar-refractivity contribution is -0.121. The number of amides is 1. The predicted octanol–water partition coefficient (Wildman–Crippen LogP) is 3.18. The molecule has 1 rings (SSSR count). The van der Waals surface area contributed by atoms with Crippen LogP contribution in [0.5, 0.6) is 0 Å². The lowest BCUT2D eigenvalue weighted by Crippen LogP contribution is -2.30. The first-order valence-corrected chi connectivity index (χ1v) is 8.92. The van der Waals surface area contributed by atoms with Crippen LogP contribution in [-0.2, 0) is 9.53 Å². The highest BCUT2D eigenvalue weighted by Gasteiger charge is 2.14. The lowest BCUT2D eigenvalue weighted by atomic mass is 9.93. The molecule has 1 unspecified atom stereocenters. The highest BCUT2D eigenvalue weighted by molar-refractivity contribution is 5.76. The minimum atomic E-state index is -0.250. The number of rotatable bonds is 12. The highest BCUT2D eigenvalue weighted by Crippen LogP contribution is 2.23. The number of halogens is 1. The number of nitrogens with zero attached hydrogens (tertiary/aromatic N) is 1. The minimum Gasteiger partial charge on any atom is -0.378 e. The average molecular weight is 338 g/mol. The van der Waals surface area contributed by atoms with Crippen molar-refractivity contribution < 1.29 is 13.9 Å². The van der Waals surface area contributed by atoms with E-state index in [1.165, 1.54) is 12.1 Å². The van der Waals surface area contributed by atoms with Gasteiger partial charge in [-0.2, -0.15) is 0 Å². The van der Waals surface area contributed by atoms with Gasteiger partial charge < -0.3 is 15.0 Å². The second kappa shape index (κ2) is 12.0. The van der Waals surface area contributed by atoms with Crippen molar-refractivity contribution in [1.29, 1.82) is 0 Å². The molecule has 0 radical (unpaired) electrons. The zero-order chi connectivity index (χ0) is 17.8. The van der Waals surface area contributed by atoms with Crippen LogP contribution in [0.15, 0.2) is 24.3 Å². The van der Waals surface area contributed by atoms with Crippen LogP contribution in [-0.4, -0.2) is 50.2 Å². The molecule has 0 aliphatic carbocycles. The van der Waals surface area contributed by atoms with Crippen molar-refractivity contribution in [3.63, 3.8) is 0 Å². The van der Waals surface area contributed by atoms with E-state index in [1.54, 1.807) is 12.1 Å². The van der Waals surface area contributed by atoms with Crippen molar-refractivity contribution in [3.05, 3.63) is 35.6 Å². The van der Waals surface area contributed by atoms with Gasteiger partial charge in [0.2, 0.25) is 5.91 Å². The van der Waals surface area contributed by atoms with E-state index >= 15 is 0 Å². The number of nitrogens with one attached hydrogen (secondary N) is 1. The van der Waals surface area contributed by atoms with Gasteiger partial charge in [-0.3, -0.25) is 4.79 Å². The van der Waals surface area contributed by atoms with Gasteiger partial charge in [-0.05, 0) is 43.1 Å². The molecule has 0 bridgehead atoms. The summed E-state index contributed by atoms with van der Waals surface area (Å²) in [7, 11) is 0. The fraction of sp³-hybridized carbons (Fsp3) is 0.632. The van der Waals surface area contributed by atoms with Gasteiger partial charge in [0.25, 0.3) is 0 Å². The number of carbonyl (C=O) groups excluding carboxylic acids is 1. The molecule has 0 saturated heterocycles. The van der Waals surface area contributed by atoms with E-state index in [4.69, 9.17) is 4.74 Å². The molecule has 0 fully saturated rings. The Bertz CT molecular complexity index is 461. The van der Waals surface area contributed by atoms with Gasteiger partial charge in [-0.1, -0.05) is 32.9 Å². The average Bonchev–Trinajstić information content (AvgIpc) is 2.60. The van der Waals surface area contributed by atoms with Crippen LogP contribution >= 0.6 is 0 Å². The molecule has 4 nitrogen and oxygen atoms in total. The smallest absolute Gasteiger partial charge is 0.220 e. The first-order valence-electron chi connectivity index (χ1n) is 8.92. The van der Waals surface area contributed by atoms with Crippen LogP contribution in [0.3, 0.4) is 0 Å². The zero-order valence-corrected chi connectivity index (χ0v) is 15.2. The molecule has 1 atom stereocenters. The molecule has 1 aromatic rings. The van der Waals surface area contributed by atoms with E-state index < -0.39 is 0 Å². The molecule has 1 N–H and O–H groups in total. The van der Waals surface area contributed by atoms with Gasteiger partial charge >= 0.3 is 0 Å². The summed E-state index contributed by atoms with van der Waals surface area (Å²) in [4.78, 5) is 14.3. The van der Waals surface area contributed by atoms with Gasteiger partial charge in [-0.25, -0.2) is 4.39 Å². The van der Waals surface area contributed by atoms with Crippen molar-refractivity contribution in [2.24, 2.45) is 0 Å². The Morgan fingerprint density at radius 2 is 1.83 bits per heavy atom. The Morgan fingerprint density at radius 3 is 2.42 bits per heavy atom. The summed E-state index contributed by atoms with van der Waals surface area (Å²) in [6, 6.07) is 6.40. The quantitative estimate of drug-likeness (QED) is 0.595. The summed E-state index contributed by atoms with van der Waals surface area (Å²) in [6.45, 7) is 11.0.